The molecule has 26 heavy (non-hydrogen) atoms. The maximum atomic E-state index is 12.3. The number of nitrogens with zero attached hydrogens (tertiary/aromatic N) is 3. The highest BCUT2D eigenvalue weighted by Gasteiger charge is 2.09. The third-order valence-electron chi connectivity index (χ3n) is 4.17. The van der Waals surface area contributed by atoms with Gasteiger partial charge in [-0.1, -0.05) is 6.07 Å². The second-order valence-electron chi connectivity index (χ2n) is 6.24. The molecule has 0 saturated carbocycles. The second kappa shape index (κ2) is 6.76. The molecule has 0 spiro atoms. The summed E-state index contributed by atoms with van der Waals surface area (Å²) in [6, 6.07) is 11.8. The summed E-state index contributed by atoms with van der Waals surface area (Å²) in [5, 5.41) is 9.36. The summed E-state index contributed by atoms with van der Waals surface area (Å²) >= 11 is 1.64. The molecule has 4 rings (SSSR count). The van der Waals surface area contributed by atoms with Gasteiger partial charge < -0.3 is 10.3 Å². The Bertz CT molecular complexity index is 1060. The molecule has 0 unspecified atom stereocenters. The number of imidazole rings is 1. The van der Waals surface area contributed by atoms with Crippen LogP contribution in [0.4, 0.5) is 5.69 Å². The van der Waals surface area contributed by atoms with Crippen LogP contribution < -0.4 is 5.32 Å². The molecule has 0 radical (unpaired) electrons. The van der Waals surface area contributed by atoms with Gasteiger partial charge in [-0.15, -0.1) is 11.3 Å². The third-order valence-corrected chi connectivity index (χ3v) is 5.05. The first-order valence-corrected chi connectivity index (χ1v) is 9.31. The van der Waals surface area contributed by atoms with Gasteiger partial charge in [0.1, 0.15) is 5.82 Å². The van der Waals surface area contributed by atoms with Crippen LogP contribution in [0, 0.1) is 13.8 Å². The number of hydrogen-bond donors (Lipinski definition) is 2. The Morgan fingerprint density at radius 3 is 2.88 bits per heavy atom. The molecule has 3 heterocycles. The minimum Gasteiger partial charge on any atom is -0.337 e. The monoisotopic (exact) mass is 365 g/mol. The number of carbonyl (C=O) groups excluding carboxylic acids is 1. The number of aromatic nitrogens is 4. The van der Waals surface area contributed by atoms with Crippen molar-refractivity contribution in [1.29, 1.82) is 0 Å². The number of hydrogen-bond acceptors (Lipinski definition) is 4. The fourth-order valence-corrected chi connectivity index (χ4v) is 3.62. The molecular formula is C19H19N5OS. The fourth-order valence-electron chi connectivity index (χ4n) is 2.95. The summed E-state index contributed by atoms with van der Waals surface area (Å²) in [7, 11) is 0. The lowest BCUT2D eigenvalue weighted by Crippen LogP contribution is -2.15. The molecule has 4 aromatic rings. The van der Waals surface area contributed by atoms with Gasteiger partial charge in [-0.2, -0.15) is 5.10 Å². The smallest absolute Gasteiger partial charge is 0.226 e. The first-order valence-electron chi connectivity index (χ1n) is 8.43. The molecular weight excluding hydrogens is 346 g/mol. The lowest BCUT2D eigenvalue weighted by Gasteiger charge is -2.06. The quantitative estimate of drug-likeness (QED) is 0.558. The van der Waals surface area contributed by atoms with Crippen molar-refractivity contribution in [2.45, 2.75) is 26.8 Å². The van der Waals surface area contributed by atoms with E-state index in [1.54, 1.807) is 11.3 Å². The van der Waals surface area contributed by atoms with Gasteiger partial charge in [0.15, 0.2) is 0 Å². The predicted molar refractivity (Wildman–Crippen MR) is 104 cm³/mol. The summed E-state index contributed by atoms with van der Waals surface area (Å²) in [6.45, 7) is 4.52. The molecule has 0 bridgehead atoms. The Labute approximate surface area is 154 Å². The molecule has 3 aromatic heterocycles. The molecule has 0 aliphatic heterocycles. The van der Waals surface area contributed by atoms with E-state index in [4.69, 9.17) is 0 Å². The van der Waals surface area contributed by atoms with Crippen molar-refractivity contribution < 1.29 is 4.79 Å². The van der Waals surface area contributed by atoms with E-state index in [2.05, 4.69) is 20.4 Å². The maximum absolute atomic E-state index is 12.3. The minimum atomic E-state index is -0.0325. The predicted octanol–water partition coefficient (Wildman–Crippen LogP) is 4.13. The van der Waals surface area contributed by atoms with Crippen LogP contribution in [-0.4, -0.2) is 25.7 Å². The van der Waals surface area contributed by atoms with E-state index >= 15 is 0 Å². The van der Waals surface area contributed by atoms with Crippen LogP contribution in [-0.2, 0) is 11.3 Å². The van der Waals surface area contributed by atoms with Gasteiger partial charge in [0.2, 0.25) is 5.91 Å². The van der Waals surface area contributed by atoms with Gasteiger partial charge in [-0.3, -0.25) is 9.48 Å². The van der Waals surface area contributed by atoms with Crippen LogP contribution in [0.15, 0.2) is 41.8 Å². The number of benzene rings is 1. The van der Waals surface area contributed by atoms with Crippen molar-refractivity contribution in [2.75, 3.05) is 5.32 Å². The van der Waals surface area contributed by atoms with Crippen molar-refractivity contribution in [2.24, 2.45) is 0 Å². The van der Waals surface area contributed by atoms with Crippen LogP contribution in [0.1, 0.15) is 17.8 Å². The zero-order valence-corrected chi connectivity index (χ0v) is 15.4. The molecule has 6 nitrogen and oxygen atoms in total. The first-order chi connectivity index (χ1) is 12.6. The van der Waals surface area contributed by atoms with Crippen molar-refractivity contribution in [3.05, 3.63) is 53.2 Å². The number of anilines is 1. The molecule has 132 valence electrons. The van der Waals surface area contributed by atoms with Crippen molar-refractivity contribution >= 4 is 34.0 Å². The highest BCUT2D eigenvalue weighted by atomic mass is 32.1. The number of H-pyrrole nitrogens is 1. The van der Waals surface area contributed by atoms with E-state index in [9.17, 15) is 4.79 Å². The summed E-state index contributed by atoms with van der Waals surface area (Å²) < 4.78 is 1.86. The molecule has 0 aliphatic rings. The standard InChI is InChI=1S/C19H19N5OS/c1-12-10-13(2)24(23-12)8-7-18(25)20-14-5-6-15-16(11-14)22-19(21-15)17-4-3-9-26-17/h3-6,9-11H,7-8H2,1-2H3,(H,20,25)(H,21,22). The summed E-state index contributed by atoms with van der Waals surface area (Å²) in [6.07, 6.45) is 0.378. The number of rotatable bonds is 5. The zero-order chi connectivity index (χ0) is 18.1. The normalized spacial score (nSPS) is 11.2. The topological polar surface area (TPSA) is 75.6 Å². The van der Waals surface area contributed by atoms with Gasteiger partial charge in [-0.25, -0.2) is 4.98 Å². The zero-order valence-electron chi connectivity index (χ0n) is 14.6. The van der Waals surface area contributed by atoms with Crippen LogP contribution in [0.3, 0.4) is 0 Å². The van der Waals surface area contributed by atoms with Crippen molar-refractivity contribution in [3.63, 3.8) is 0 Å². The molecule has 0 atom stereocenters. The van der Waals surface area contributed by atoms with Gasteiger partial charge in [0, 0.05) is 24.3 Å². The van der Waals surface area contributed by atoms with E-state index in [-0.39, 0.29) is 5.91 Å². The van der Waals surface area contributed by atoms with E-state index in [0.717, 1.165) is 38.8 Å². The van der Waals surface area contributed by atoms with Crippen LogP contribution in [0.5, 0.6) is 0 Å². The Hall–Kier alpha value is -2.93. The highest BCUT2D eigenvalue weighted by Crippen LogP contribution is 2.26. The van der Waals surface area contributed by atoms with Gasteiger partial charge in [-0.05, 0) is 49.6 Å². The SMILES string of the molecule is Cc1cc(C)n(CCC(=O)Nc2ccc3nc(-c4cccs4)[nH]c3c2)n1. The largest absolute Gasteiger partial charge is 0.337 e. The summed E-state index contributed by atoms with van der Waals surface area (Å²) in [4.78, 5) is 21.3. The van der Waals surface area contributed by atoms with Crippen molar-refractivity contribution in [3.8, 4) is 10.7 Å². The highest BCUT2D eigenvalue weighted by molar-refractivity contribution is 7.13. The number of amides is 1. The summed E-state index contributed by atoms with van der Waals surface area (Å²) in [5.41, 5.74) is 4.58. The molecule has 0 fully saturated rings. The average molecular weight is 365 g/mol. The first kappa shape index (κ1) is 16.5. The molecule has 7 heteroatoms. The van der Waals surface area contributed by atoms with Gasteiger partial charge >= 0.3 is 0 Å². The van der Waals surface area contributed by atoms with Crippen molar-refractivity contribution in [1.82, 2.24) is 19.7 Å². The Morgan fingerprint density at radius 1 is 1.27 bits per heavy atom. The molecule has 0 aliphatic carbocycles. The van der Waals surface area contributed by atoms with E-state index in [1.165, 1.54) is 0 Å². The summed E-state index contributed by atoms with van der Waals surface area (Å²) in [5.74, 6) is 0.818. The number of aromatic amines is 1. The number of thiophene rings is 1. The van der Waals surface area contributed by atoms with Gasteiger partial charge in [0.05, 0.1) is 21.6 Å². The minimum absolute atomic E-state index is 0.0325. The number of aryl methyl sites for hydroxylation is 3. The lowest BCUT2D eigenvalue weighted by molar-refractivity contribution is -0.116. The maximum Gasteiger partial charge on any atom is 0.226 e. The molecule has 1 aromatic carbocycles. The molecule has 0 saturated heterocycles. The van der Waals surface area contributed by atoms with Crippen LogP contribution in [0.2, 0.25) is 0 Å². The lowest BCUT2D eigenvalue weighted by atomic mass is 10.2. The molecule has 1 amide bonds. The van der Waals surface area contributed by atoms with Crippen LogP contribution >= 0.6 is 11.3 Å². The van der Waals surface area contributed by atoms with Crippen LogP contribution in [0.25, 0.3) is 21.7 Å². The number of carbonyl (C=O) groups is 1. The third kappa shape index (κ3) is 3.39. The number of fused-ring (bicyclic) bond motifs is 1. The second-order valence-corrected chi connectivity index (χ2v) is 7.19. The average Bonchev–Trinajstić information content (AvgIpc) is 3.32. The van der Waals surface area contributed by atoms with Gasteiger partial charge in [0.25, 0.3) is 0 Å². The number of nitrogens with one attached hydrogen (secondary N) is 2. The van der Waals surface area contributed by atoms with E-state index in [1.807, 2.05) is 60.3 Å². The molecule has 2 N–H and O–H groups in total. The Kier molecular flexibility index (Phi) is 4.30. The Morgan fingerprint density at radius 2 is 2.15 bits per heavy atom. The van der Waals surface area contributed by atoms with E-state index in [0.29, 0.717) is 13.0 Å². The fraction of sp³-hybridized carbons (Fsp3) is 0.211. The van der Waals surface area contributed by atoms with E-state index < -0.39 is 0 Å². The Balaban J connectivity index is 1.45.